The summed E-state index contributed by atoms with van der Waals surface area (Å²) in [5.41, 5.74) is 0.654. The molecule has 13 heavy (non-hydrogen) atoms. The molecule has 1 aromatic carbocycles. The van der Waals surface area contributed by atoms with Gasteiger partial charge in [-0.25, -0.2) is 0 Å². The first-order valence-corrected chi connectivity index (χ1v) is 5.30. The monoisotopic (exact) mass is 196 g/mol. The average molecular weight is 196 g/mol. The smallest absolute Gasteiger partial charge is 0.150 e. The molecule has 2 nitrogen and oxygen atoms in total. The Balaban J connectivity index is 3.02. The topological polar surface area (TPSA) is 26.3 Å². The van der Waals surface area contributed by atoms with Crippen LogP contribution < -0.4 is 4.74 Å². The second-order valence-corrected chi connectivity index (χ2v) is 3.31. The number of ether oxygens (including phenoxy) is 1. The molecular formula is C10H12O2S. The second-order valence-electron chi connectivity index (χ2n) is 2.46. The Morgan fingerprint density at radius 1 is 1.54 bits per heavy atom. The first-order chi connectivity index (χ1) is 6.31. The highest BCUT2D eigenvalue weighted by molar-refractivity contribution is 7.98. The van der Waals surface area contributed by atoms with Gasteiger partial charge in [0.2, 0.25) is 0 Å². The van der Waals surface area contributed by atoms with Crippen LogP contribution in [0.15, 0.2) is 23.1 Å². The van der Waals surface area contributed by atoms with Crippen molar-refractivity contribution in [1.82, 2.24) is 0 Å². The van der Waals surface area contributed by atoms with E-state index in [1.165, 1.54) is 0 Å². The number of thioether (sulfide) groups is 1. The van der Waals surface area contributed by atoms with E-state index in [1.54, 1.807) is 23.9 Å². The number of benzene rings is 1. The molecule has 0 radical (unpaired) electrons. The van der Waals surface area contributed by atoms with Crippen LogP contribution in [0, 0.1) is 0 Å². The van der Waals surface area contributed by atoms with E-state index in [0.717, 1.165) is 16.9 Å². The normalized spacial score (nSPS) is 9.69. The largest absolute Gasteiger partial charge is 0.493 e. The predicted molar refractivity (Wildman–Crippen MR) is 54.8 cm³/mol. The number of rotatable bonds is 4. The lowest BCUT2D eigenvalue weighted by Crippen LogP contribution is -1.94. The fraction of sp³-hybridized carbons (Fsp3) is 0.300. The van der Waals surface area contributed by atoms with Crippen LogP contribution >= 0.6 is 11.8 Å². The average Bonchev–Trinajstić information content (AvgIpc) is 2.18. The van der Waals surface area contributed by atoms with Crippen molar-refractivity contribution in [3.05, 3.63) is 23.8 Å². The lowest BCUT2D eigenvalue weighted by Gasteiger charge is -2.07. The molecule has 0 spiro atoms. The minimum absolute atomic E-state index is 0.621. The van der Waals surface area contributed by atoms with Crippen molar-refractivity contribution < 1.29 is 9.53 Å². The zero-order valence-electron chi connectivity index (χ0n) is 7.74. The summed E-state index contributed by atoms with van der Waals surface area (Å²) in [7, 11) is 0. The number of carbonyl (C=O) groups is 1. The lowest BCUT2D eigenvalue weighted by molar-refractivity contribution is 0.112. The van der Waals surface area contributed by atoms with Crippen molar-refractivity contribution >= 4 is 18.0 Å². The Morgan fingerprint density at radius 2 is 2.31 bits per heavy atom. The molecule has 1 aromatic rings. The van der Waals surface area contributed by atoms with Crippen LogP contribution in [-0.4, -0.2) is 19.1 Å². The summed E-state index contributed by atoms with van der Waals surface area (Å²) in [6.07, 6.45) is 2.81. The summed E-state index contributed by atoms with van der Waals surface area (Å²) in [6, 6.07) is 5.46. The van der Waals surface area contributed by atoms with Crippen molar-refractivity contribution in [1.29, 1.82) is 0 Å². The van der Waals surface area contributed by atoms with Crippen molar-refractivity contribution in [3.63, 3.8) is 0 Å². The van der Waals surface area contributed by atoms with E-state index in [1.807, 2.05) is 19.2 Å². The van der Waals surface area contributed by atoms with E-state index in [4.69, 9.17) is 4.74 Å². The van der Waals surface area contributed by atoms with Gasteiger partial charge < -0.3 is 4.74 Å². The minimum Gasteiger partial charge on any atom is -0.493 e. The zero-order valence-corrected chi connectivity index (χ0v) is 8.56. The fourth-order valence-electron chi connectivity index (χ4n) is 1.03. The van der Waals surface area contributed by atoms with Gasteiger partial charge in [0.1, 0.15) is 12.0 Å². The minimum atomic E-state index is 0.621. The molecule has 0 aromatic heterocycles. The molecule has 0 aliphatic carbocycles. The third-order valence-corrected chi connectivity index (χ3v) is 2.40. The zero-order chi connectivity index (χ0) is 9.68. The highest BCUT2D eigenvalue weighted by Crippen LogP contribution is 2.28. The molecule has 3 heteroatoms. The SMILES string of the molecule is CCOc1cc(C=O)ccc1SC. The molecule has 0 bridgehead atoms. The summed E-state index contributed by atoms with van der Waals surface area (Å²) in [5, 5.41) is 0. The van der Waals surface area contributed by atoms with Gasteiger partial charge >= 0.3 is 0 Å². The number of hydrogen-bond acceptors (Lipinski definition) is 3. The molecule has 0 saturated carbocycles. The van der Waals surface area contributed by atoms with E-state index in [9.17, 15) is 4.79 Å². The molecule has 0 amide bonds. The molecule has 1 rings (SSSR count). The third kappa shape index (κ3) is 2.49. The summed E-state index contributed by atoms with van der Waals surface area (Å²) >= 11 is 1.61. The van der Waals surface area contributed by atoms with Crippen LogP contribution in [0.5, 0.6) is 5.75 Å². The summed E-state index contributed by atoms with van der Waals surface area (Å²) in [5.74, 6) is 0.791. The van der Waals surface area contributed by atoms with Gasteiger partial charge in [-0.2, -0.15) is 0 Å². The molecular weight excluding hydrogens is 184 g/mol. The Kier molecular flexibility index (Phi) is 3.83. The highest BCUT2D eigenvalue weighted by atomic mass is 32.2. The van der Waals surface area contributed by atoms with Gasteiger partial charge in [-0.05, 0) is 25.3 Å². The van der Waals surface area contributed by atoms with E-state index in [2.05, 4.69) is 0 Å². The Labute approximate surface area is 82.3 Å². The quantitative estimate of drug-likeness (QED) is 0.547. The summed E-state index contributed by atoms with van der Waals surface area (Å²) in [6.45, 7) is 2.55. The van der Waals surface area contributed by atoms with Gasteiger partial charge in [0, 0.05) is 10.5 Å². The predicted octanol–water partition coefficient (Wildman–Crippen LogP) is 2.62. The standard InChI is InChI=1S/C10H12O2S/c1-3-12-9-6-8(7-11)4-5-10(9)13-2/h4-7H,3H2,1-2H3. The van der Waals surface area contributed by atoms with E-state index in [-0.39, 0.29) is 0 Å². The van der Waals surface area contributed by atoms with Crippen molar-refractivity contribution in [2.75, 3.05) is 12.9 Å². The van der Waals surface area contributed by atoms with Crippen LogP contribution in [0.25, 0.3) is 0 Å². The maximum atomic E-state index is 10.5. The van der Waals surface area contributed by atoms with Crippen LogP contribution in [0.2, 0.25) is 0 Å². The van der Waals surface area contributed by atoms with Gasteiger partial charge in [0.05, 0.1) is 6.61 Å². The molecule has 0 unspecified atom stereocenters. The molecule has 0 saturated heterocycles. The molecule has 0 N–H and O–H groups in total. The Morgan fingerprint density at radius 3 is 2.85 bits per heavy atom. The van der Waals surface area contributed by atoms with Crippen molar-refractivity contribution in [3.8, 4) is 5.75 Å². The summed E-state index contributed by atoms with van der Waals surface area (Å²) in [4.78, 5) is 11.6. The van der Waals surface area contributed by atoms with Gasteiger partial charge in [-0.3, -0.25) is 4.79 Å². The lowest BCUT2D eigenvalue weighted by atomic mass is 10.2. The Hall–Kier alpha value is -0.960. The number of carbonyl (C=O) groups excluding carboxylic acids is 1. The van der Waals surface area contributed by atoms with Crippen molar-refractivity contribution in [2.24, 2.45) is 0 Å². The van der Waals surface area contributed by atoms with Gasteiger partial charge in [0.15, 0.2) is 0 Å². The van der Waals surface area contributed by atoms with E-state index in [0.29, 0.717) is 12.2 Å². The first-order valence-electron chi connectivity index (χ1n) is 4.07. The van der Waals surface area contributed by atoms with Crippen LogP contribution in [-0.2, 0) is 0 Å². The van der Waals surface area contributed by atoms with Crippen molar-refractivity contribution in [2.45, 2.75) is 11.8 Å². The van der Waals surface area contributed by atoms with Gasteiger partial charge in [-0.15, -0.1) is 11.8 Å². The molecule has 0 fully saturated rings. The molecule has 0 aliphatic rings. The van der Waals surface area contributed by atoms with Crippen LogP contribution in [0.4, 0.5) is 0 Å². The molecule has 0 aliphatic heterocycles. The van der Waals surface area contributed by atoms with Crippen LogP contribution in [0.3, 0.4) is 0 Å². The first kappa shape index (κ1) is 10.1. The molecule has 0 atom stereocenters. The molecule has 70 valence electrons. The highest BCUT2D eigenvalue weighted by Gasteiger charge is 2.02. The maximum absolute atomic E-state index is 10.5. The number of hydrogen-bond donors (Lipinski definition) is 0. The number of aldehydes is 1. The van der Waals surface area contributed by atoms with Crippen LogP contribution in [0.1, 0.15) is 17.3 Å². The third-order valence-electron chi connectivity index (χ3n) is 1.62. The van der Waals surface area contributed by atoms with E-state index < -0.39 is 0 Å². The fourth-order valence-corrected chi connectivity index (χ4v) is 1.56. The molecule has 0 heterocycles. The summed E-state index contributed by atoms with van der Waals surface area (Å²) < 4.78 is 5.39. The van der Waals surface area contributed by atoms with E-state index >= 15 is 0 Å². The maximum Gasteiger partial charge on any atom is 0.150 e. The van der Waals surface area contributed by atoms with Gasteiger partial charge in [-0.1, -0.05) is 6.07 Å². The van der Waals surface area contributed by atoms with Gasteiger partial charge in [0.25, 0.3) is 0 Å². The second kappa shape index (κ2) is 4.92. The Bertz CT molecular complexity index is 297.